The molecule has 2 aromatic rings. The summed E-state index contributed by atoms with van der Waals surface area (Å²) in [4.78, 5) is 38.0. The van der Waals surface area contributed by atoms with Gasteiger partial charge in [0.2, 0.25) is 5.91 Å². The van der Waals surface area contributed by atoms with Gasteiger partial charge in [0.05, 0.1) is 24.0 Å². The number of hydrogen-bond acceptors (Lipinski definition) is 5. The number of methoxy groups -OCH3 is 1. The number of anilines is 2. The minimum atomic E-state index is -1.19. The number of ether oxygens (including phenoxy) is 2. The van der Waals surface area contributed by atoms with Gasteiger partial charge in [0.25, 0.3) is 5.91 Å². The van der Waals surface area contributed by atoms with Gasteiger partial charge < -0.3 is 19.9 Å². The van der Waals surface area contributed by atoms with Gasteiger partial charge in [0, 0.05) is 0 Å². The lowest BCUT2D eigenvalue weighted by Crippen LogP contribution is -2.54. The molecule has 8 nitrogen and oxygen atoms in total. The van der Waals surface area contributed by atoms with E-state index in [0.717, 1.165) is 0 Å². The Morgan fingerprint density at radius 3 is 2.61 bits per heavy atom. The summed E-state index contributed by atoms with van der Waals surface area (Å²) in [7, 11) is 1.49. The predicted molar refractivity (Wildman–Crippen MR) is 102 cm³/mol. The van der Waals surface area contributed by atoms with Crippen LogP contribution < -0.4 is 19.7 Å². The molecular formula is C20H20N2O6. The van der Waals surface area contributed by atoms with Crippen LogP contribution in [0.5, 0.6) is 11.5 Å². The van der Waals surface area contributed by atoms with Crippen molar-refractivity contribution in [3.05, 3.63) is 48.0 Å². The van der Waals surface area contributed by atoms with Crippen LogP contribution in [-0.2, 0) is 9.59 Å². The summed E-state index contributed by atoms with van der Waals surface area (Å²) >= 11 is 0. The number of carboxylic acid groups (broad SMARTS) is 1. The molecule has 0 bridgehead atoms. The SMILES string of the molecule is COc1ccccc1NC(=O)CN1C(=O)C(C)(C)Oc2ccc(C(=O)O)cc21. The zero-order chi connectivity index (χ0) is 20.5. The van der Waals surface area contributed by atoms with Crippen LogP contribution in [0.1, 0.15) is 24.2 Å². The number of carbonyl (C=O) groups is 3. The molecule has 2 aromatic carbocycles. The first-order valence-electron chi connectivity index (χ1n) is 8.54. The fourth-order valence-electron chi connectivity index (χ4n) is 2.94. The topological polar surface area (TPSA) is 105 Å². The van der Waals surface area contributed by atoms with Crippen LogP contribution in [0.3, 0.4) is 0 Å². The predicted octanol–water partition coefficient (Wildman–Crippen LogP) is 2.54. The first-order valence-corrected chi connectivity index (χ1v) is 8.54. The van der Waals surface area contributed by atoms with Gasteiger partial charge in [-0.2, -0.15) is 0 Å². The molecule has 8 heteroatoms. The molecule has 0 aliphatic carbocycles. The molecule has 1 aliphatic rings. The highest BCUT2D eigenvalue weighted by atomic mass is 16.5. The summed E-state index contributed by atoms with van der Waals surface area (Å²) in [6.45, 7) is 2.88. The Kier molecular flexibility index (Phi) is 4.96. The van der Waals surface area contributed by atoms with Crippen LogP contribution in [0.25, 0.3) is 0 Å². The highest BCUT2D eigenvalue weighted by Gasteiger charge is 2.41. The van der Waals surface area contributed by atoms with Crippen molar-refractivity contribution in [2.24, 2.45) is 0 Å². The van der Waals surface area contributed by atoms with Gasteiger partial charge in [0.1, 0.15) is 18.0 Å². The Hall–Kier alpha value is -3.55. The van der Waals surface area contributed by atoms with Crippen LogP contribution in [0.15, 0.2) is 42.5 Å². The van der Waals surface area contributed by atoms with E-state index in [1.807, 2.05) is 0 Å². The normalized spacial score (nSPS) is 14.7. The molecule has 0 atom stereocenters. The first-order chi connectivity index (χ1) is 13.2. The lowest BCUT2D eigenvalue weighted by molar-refractivity contribution is -0.133. The standard InChI is InChI=1S/C20H20N2O6/c1-20(2)19(26)22(14-10-12(18(24)25)8-9-16(14)28-20)11-17(23)21-13-6-4-5-7-15(13)27-3/h4-10H,11H2,1-3H3,(H,21,23)(H,24,25). The summed E-state index contributed by atoms with van der Waals surface area (Å²) in [5.41, 5.74) is -0.499. The van der Waals surface area contributed by atoms with Crippen molar-refractivity contribution in [3.63, 3.8) is 0 Å². The van der Waals surface area contributed by atoms with Gasteiger partial charge in [-0.1, -0.05) is 12.1 Å². The van der Waals surface area contributed by atoms with E-state index in [9.17, 15) is 19.5 Å². The van der Waals surface area contributed by atoms with Gasteiger partial charge in [-0.3, -0.25) is 14.5 Å². The van der Waals surface area contributed by atoms with Gasteiger partial charge in [0.15, 0.2) is 5.60 Å². The molecule has 1 heterocycles. The summed E-state index contributed by atoms with van der Waals surface area (Å²) in [6, 6.07) is 11.1. The molecule has 2 amide bonds. The summed E-state index contributed by atoms with van der Waals surface area (Å²) in [6.07, 6.45) is 0. The fourth-order valence-corrected chi connectivity index (χ4v) is 2.94. The Labute approximate surface area is 161 Å². The second kappa shape index (κ2) is 7.22. The molecule has 0 radical (unpaired) electrons. The molecular weight excluding hydrogens is 364 g/mol. The third kappa shape index (κ3) is 3.62. The number of para-hydroxylation sites is 2. The number of hydrogen-bond donors (Lipinski definition) is 2. The zero-order valence-electron chi connectivity index (χ0n) is 15.7. The fraction of sp³-hybridized carbons (Fsp3) is 0.250. The molecule has 0 saturated heterocycles. The largest absolute Gasteiger partial charge is 0.495 e. The number of carbonyl (C=O) groups excluding carboxylic acids is 2. The molecule has 146 valence electrons. The van der Waals surface area contributed by atoms with Crippen molar-refractivity contribution in [3.8, 4) is 11.5 Å². The van der Waals surface area contributed by atoms with E-state index in [-0.39, 0.29) is 17.8 Å². The second-order valence-electron chi connectivity index (χ2n) is 6.74. The van der Waals surface area contributed by atoms with E-state index >= 15 is 0 Å². The quantitative estimate of drug-likeness (QED) is 0.821. The van der Waals surface area contributed by atoms with E-state index in [1.54, 1.807) is 38.1 Å². The Balaban J connectivity index is 1.91. The van der Waals surface area contributed by atoms with Gasteiger partial charge in [-0.25, -0.2) is 4.79 Å². The molecule has 28 heavy (non-hydrogen) atoms. The van der Waals surface area contributed by atoms with Crippen LogP contribution >= 0.6 is 0 Å². The summed E-state index contributed by atoms with van der Waals surface area (Å²) in [5, 5.41) is 11.9. The molecule has 0 spiro atoms. The number of nitrogens with one attached hydrogen (secondary N) is 1. The van der Waals surface area contributed by atoms with Crippen molar-refractivity contribution < 1.29 is 29.0 Å². The van der Waals surface area contributed by atoms with E-state index in [2.05, 4.69) is 5.32 Å². The minimum absolute atomic E-state index is 0.00927. The highest BCUT2D eigenvalue weighted by Crippen LogP contribution is 2.38. The highest BCUT2D eigenvalue weighted by molar-refractivity contribution is 6.08. The van der Waals surface area contributed by atoms with Gasteiger partial charge in [-0.15, -0.1) is 0 Å². The average molecular weight is 384 g/mol. The maximum atomic E-state index is 12.9. The van der Waals surface area contributed by atoms with Gasteiger partial charge >= 0.3 is 5.97 Å². The molecule has 0 unspecified atom stereocenters. The van der Waals surface area contributed by atoms with Crippen LogP contribution in [-0.4, -0.2) is 42.1 Å². The maximum Gasteiger partial charge on any atom is 0.335 e. The minimum Gasteiger partial charge on any atom is -0.495 e. The van der Waals surface area contributed by atoms with Crippen molar-refractivity contribution in [1.82, 2.24) is 0 Å². The number of aromatic carboxylic acids is 1. The van der Waals surface area contributed by atoms with E-state index < -0.39 is 23.4 Å². The number of fused-ring (bicyclic) bond motifs is 1. The summed E-state index contributed by atoms with van der Waals surface area (Å²) < 4.78 is 10.9. The number of rotatable bonds is 5. The van der Waals surface area contributed by atoms with Crippen LogP contribution in [0.4, 0.5) is 11.4 Å². The van der Waals surface area contributed by atoms with Gasteiger partial charge in [-0.05, 0) is 44.2 Å². The first kappa shape index (κ1) is 19.2. The lowest BCUT2D eigenvalue weighted by Gasteiger charge is -2.38. The van der Waals surface area contributed by atoms with Crippen molar-refractivity contribution in [2.45, 2.75) is 19.4 Å². The molecule has 1 aliphatic heterocycles. The van der Waals surface area contributed by atoms with E-state index in [4.69, 9.17) is 9.47 Å². The van der Waals surface area contributed by atoms with Crippen molar-refractivity contribution in [2.75, 3.05) is 23.9 Å². The number of carboxylic acids is 1. The van der Waals surface area contributed by atoms with E-state index in [0.29, 0.717) is 17.2 Å². The smallest absolute Gasteiger partial charge is 0.335 e. The molecule has 0 fully saturated rings. The number of benzene rings is 2. The lowest BCUT2D eigenvalue weighted by atomic mass is 10.0. The van der Waals surface area contributed by atoms with Crippen LogP contribution in [0.2, 0.25) is 0 Å². The third-order valence-corrected chi connectivity index (χ3v) is 4.30. The molecule has 0 saturated carbocycles. The maximum absolute atomic E-state index is 12.9. The third-order valence-electron chi connectivity index (χ3n) is 4.30. The van der Waals surface area contributed by atoms with E-state index in [1.165, 1.54) is 30.2 Å². The Morgan fingerprint density at radius 2 is 1.93 bits per heavy atom. The monoisotopic (exact) mass is 384 g/mol. The molecule has 3 rings (SSSR count). The Bertz CT molecular complexity index is 953. The second-order valence-corrected chi connectivity index (χ2v) is 6.74. The summed E-state index contributed by atoms with van der Waals surface area (Å²) in [5.74, 6) is -1.23. The zero-order valence-corrected chi connectivity index (χ0v) is 15.7. The molecule has 0 aromatic heterocycles. The van der Waals surface area contributed by atoms with Crippen molar-refractivity contribution >= 4 is 29.2 Å². The number of amides is 2. The molecule has 2 N–H and O–H groups in total. The van der Waals surface area contributed by atoms with Crippen LogP contribution in [0, 0.1) is 0 Å². The number of nitrogens with zero attached hydrogens (tertiary/aromatic N) is 1. The average Bonchev–Trinajstić information content (AvgIpc) is 2.65. The van der Waals surface area contributed by atoms with Crippen molar-refractivity contribution in [1.29, 1.82) is 0 Å². The Morgan fingerprint density at radius 1 is 1.21 bits per heavy atom.